The van der Waals surface area contributed by atoms with Crippen LogP contribution in [0.15, 0.2) is 0 Å². The van der Waals surface area contributed by atoms with Crippen LogP contribution in [0.3, 0.4) is 0 Å². The molecule has 0 radical (unpaired) electrons. The molecule has 74 valence electrons. The summed E-state index contributed by atoms with van der Waals surface area (Å²) < 4.78 is 12.0. The van der Waals surface area contributed by atoms with E-state index in [4.69, 9.17) is 0 Å². The summed E-state index contributed by atoms with van der Waals surface area (Å²) in [4.78, 5) is 25.1. The lowest BCUT2D eigenvalue weighted by Gasteiger charge is -2.36. The molecule has 2 amide bonds. The molecular weight excluding hydrogens is 175 g/mol. The Labute approximate surface area is 76.3 Å². The van der Waals surface area contributed by atoms with Crippen LogP contribution in [0.2, 0.25) is 0 Å². The molecule has 0 saturated carbocycles. The second-order valence-corrected chi connectivity index (χ2v) is 3.21. The molecule has 1 heterocycles. The maximum atomic E-state index is 12.0. The molecule has 1 saturated heterocycles. The maximum absolute atomic E-state index is 12.0. The van der Waals surface area contributed by atoms with Crippen molar-refractivity contribution < 1.29 is 14.0 Å². The first-order valence-corrected chi connectivity index (χ1v) is 4.20. The van der Waals surface area contributed by atoms with Crippen LogP contribution < -0.4 is 0 Å². The van der Waals surface area contributed by atoms with E-state index in [1.807, 2.05) is 6.92 Å². The van der Waals surface area contributed by atoms with Crippen molar-refractivity contribution in [1.82, 2.24) is 9.80 Å². The third-order valence-corrected chi connectivity index (χ3v) is 2.29. The minimum atomic E-state index is -0.602. The van der Waals surface area contributed by atoms with Crippen LogP contribution in [0.1, 0.15) is 6.92 Å². The molecule has 0 bridgehead atoms. The lowest BCUT2D eigenvalue weighted by molar-refractivity contribution is -0.157. The van der Waals surface area contributed by atoms with E-state index < -0.39 is 18.5 Å². The lowest BCUT2D eigenvalue weighted by atomic mass is 10.2. The van der Waals surface area contributed by atoms with Gasteiger partial charge in [0, 0.05) is 26.2 Å². The average Bonchev–Trinajstić information content (AvgIpc) is 2.11. The highest BCUT2D eigenvalue weighted by Gasteiger charge is 2.34. The van der Waals surface area contributed by atoms with Crippen molar-refractivity contribution in [1.29, 1.82) is 0 Å². The Morgan fingerprint density at radius 3 is 2.62 bits per heavy atom. The van der Waals surface area contributed by atoms with Crippen molar-refractivity contribution >= 4 is 11.8 Å². The monoisotopic (exact) mass is 188 g/mol. The van der Waals surface area contributed by atoms with E-state index in [1.54, 1.807) is 7.05 Å². The van der Waals surface area contributed by atoms with Gasteiger partial charge in [0.1, 0.15) is 6.67 Å². The van der Waals surface area contributed by atoms with Crippen molar-refractivity contribution in [3.05, 3.63) is 0 Å². The zero-order chi connectivity index (χ0) is 10.0. The van der Waals surface area contributed by atoms with E-state index >= 15 is 0 Å². The molecule has 0 aromatic heterocycles. The number of piperazine rings is 1. The second-order valence-electron chi connectivity index (χ2n) is 3.21. The summed E-state index contributed by atoms with van der Waals surface area (Å²) in [5.74, 6) is -1.15. The third kappa shape index (κ3) is 1.79. The van der Waals surface area contributed by atoms with E-state index in [0.29, 0.717) is 6.54 Å². The molecule has 0 aromatic carbocycles. The van der Waals surface area contributed by atoms with Gasteiger partial charge in [0.15, 0.2) is 0 Å². The molecule has 4 nitrogen and oxygen atoms in total. The number of hydrogen-bond donors (Lipinski definition) is 0. The van der Waals surface area contributed by atoms with Crippen molar-refractivity contribution in [2.45, 2.75) is 13.0 Å². The van der Waals surface area contributed by atoms with Gasteiger partial charge in [-0.05, 0) is 6.92 Å². The van der Waals surface area contributed by atoms with Gasteiger partial charge < -0.3 is 9.80 Å². The molecule has 0 aliphatic carbocycles. The van der Waals surface area contributed by atoms with Gasteiger partial charge in [0.05, 0.1) is 0 Å². The molecule has 1 aliphatic rings. The van der Waals surface area contributed by atoms with Gasteiger partial charge in [-0.1, -0.05) is 0 Å². The van der Waals surface area contributed by atoms with Gasteiger partial charge in [-0.2, -0.15) is 0 Å². The molecule has 1 atom stereocenters. The Balaban J connectivity index is 2.70. The summed E-state index contributed by atoms with van der Waals surface area (Å²) in [6, 6.07) is -0.0308. The second kappa shape index (κ2) is 3.72. The number of amides is 2. The molecule has 0 N–H and O–H groups in total. The summed E-state index contributed by atoms with van der Waals surface area (Å²) >= 11 is 0. The van der Waals surface area contributed by atoms with Crippen molar-refractivity contribution in [2.24, 2.45) is 0 Å². The Bertz CT molecular complexity index is 232. The number of halogens is 1. The minimum absolute atomic E-state index is 0.0166. The Hall–Kier alpha value is -1.13. The van der Waals surface area contributed by atoms with Gasteiger partial charge in [-0.25, -0.2) is 4.39 Å². The number of nitrogens with zero attached hydrogens (tertiary/aromatic N) is 2. The Morgan fingerprint density at radius 1 is 1.46 bits per heavy atom. The van der Waals surface area contributed by atoms with Crippen LogP contribution in [-0.2, 0) is 9.59 Å². The number of likely N-dealkylation sites (N-methyl/N-ethyl adjacent to an activating group) is 1. The summed E-state index contributed by atoms with van der Waals surface area (Å²) in [6.45, 7) is 1.67. The fraction of sp³-hybridized carbons (Fsp3) is 0.750. The molecule has 0 spiro atoms. The first kappa shape index (κ1) is 9.95. The maximum Gasteiger partial charge on any atom is 0.312 e. The SMILES string of the molecule is CC1CN(CCF)C(=O)C(=O)N1C. The van der Waals surface area contributed by atoms with Crippen LogP contribution in [0.25, 0.3) is 0 Å². The molecule has 1 aliphatic heterocycles. The van der Waals surface area contributed by atoms with E-state index in [9.17, 15) is 14.0 Å². The highest BCUT2D eigenvalue weighted by molar-refractivity contribution is 6.35. The van der Waals surface area contributed by atoms with Gasteiger partial charge in [0.2, 0.25) is 0 Å². The highest BCUT2D eigenvalue weighted by Crippen LogP contribution is 2.09. The zero-order valence-corrected chi connectivity index (χ0v) is 7.79. The zero-order valence-electron chi connectivity index (χ0n) is 7.79. The average molecular weight is 188 g/mol. The normalized spacial score (nSPS) is 24.1. The lowest BCUT2D eigenvalue weighted by Crippen LogP contribution is -2.57. The van der Waals surface area contributed by atoms with Crippen LogP contribution in [0.5, 0.6) is 0 Å². The Morgan fingerprint density at radius 2 is 2.08 bits per heavy atom. The number of hydrogen-bond acceptors (Lipinski definition) is 2. The van der Waals surface area contributed by atoms with Crippen molar-refractivity contribution in [3.8, 4) is 0 Å². The molecule has 1 rings (SSSR count). The summed E-state index contributed by atoms with van der Waals surface area (Å²) in [5.41, 5.74) is 0. The fourth-order valence-electron chi connectivity index (χ4n) is 1.31. The van der Waals surface area contributed by atoms with Gasteiger partial charge in [0.25, 0.3) is 0 Å². The predicted octanol–water partition coefficient (Wildman–Crippen LogP) is -0.355. The van der Waals surface area contributed by atoms with Crippen LogP contribution in [-0.4, -0.2) is 54.5 Å². The van der Waals surface area contributed by atoms with Crippen molar-refractivity contribution in [2.75, 3.05) is 26.8 Å². The van der Waals surface area contributed by atoms with E-state index in [0.717, 1.165) is 0 Å². The summed E-state index contributed by atoms with van der Waals surface area (Å²) in [6.07, 6.45) is 0. The predicted molar refractivity (Wildman–Crippen MR) is 44.8 cm³/mol. The number of carbonyl (C=O) groups is 2. The number of carbonyl (C=O) groups excluding carboxylic acids is 2. The Kier molecular flexibility index (Phi) is 2.85. The first-order chi connectivity index (χ1) is 6.07. The topological polar surface area (TPSA) is 40.6 Å². The van der Waals surface area contributed by atoms with E-state index in [2.05, 4.69) is 0 Å². The molecule has 5 heteroatoms. The standard InChI is InChI=1S/C8H13FN2O2/c1-6-5-11(4-3-9)8(13)7(12)10(6)2/h6H,3-5H2,1-2H3. The fourth-order valence-corrected chi connectivity index (χ4v) is 1.31. The number of rotatable bonds is 2. The van der Waals surface area contributed by atoms with E-state index in [-0.39, 0.29) is 12.6 Å². The number of alkyl halides is 1. The van der Waals surface area contributed by atoms with Gasteiger partial charge in [-0.15, -0.1) is 0 Å². The quantitative estimate of drug-likeness (QED) is 0.555. The highest BCUT2D eigenvalue weighted by atomic mass is 19.1. The van der Waals surface area contributed by atoms with E-state index in [1.165, 1.54) is 9.80 Å². The molecule has 13 heavy (non-hydrogen) atoms. The van der Waals surface area contributed by atoms with Crippen LogP contribution >= 0.6 is 0 Å². The smallest absolute Gasteiger partial charge is 0.312 e. The van der Waals surface area contributed by atoms with Crippen LogP contribution in [0.4, 0.5) is 4.39 Å². The van der Waals surface area contributed by atoms with Gasteiger partial charge in [-0.3, -0.25) is 9.59 Å². The third-order valence-electron chi connectivity index (χ3n) is 2.29. The first-order valence-electron chi connectivity index (χ1n) is 4.20. The largest absolute Gasteiger partial charge is 0.333 e. The molecule has 1 fully saturated rings. The van der Waals surface area contributed by atoms with Gasteiger partial charge >= 0.3 is 11.8 Å². The molecule has 1 unspecified atom stereocenters. The summed E-state index contributed by atoms with van der Waals surface area (Å²) in [7, 11) is 1.58. The molecular formula is C8H13FN2O2. The molecule has 0 aromatic rings. The van der Waals surface area contributed by atoms with Crippen LogP contribution in [0, 0.1) is 0 Å². The summed E-state index contributed by atoms with van der Waals surface area (Å²) in [5, 5.41) is 0. The minimum Gasteiger partial charge on any atom is -0.333 e. The van der Waals surface area contributed by atoms with Crippen molar-refractivity contribution in [3.63, 3.8) is 0 Å².